The van der Waals surface area contributed by atoms with Crippen molar-refractivity contribution in [2.45, 2.75) is 19.9 Å². The lowest BCUT2D eigenvalue weighted by Gasteiger charge is -2.08. The quantitative estimate of drug-likeness (QED) is 0.749. The van der Waals surface area contributed by atoms with E-state index in [0.29, 0.717) is 0 Å². The summed E-state index contributed by atoms with van der Waals surface area (Å²) in [4.78, 5) is 0. The van der Waals surface area contributed by atoms with E-state index in [2.05, 4.69) is 36.5 Å². The van der Waals surface area contributed by atoms with Gasteiger partial charge in [-0.1, -0.05) is 31.2 Å². The molecule has 0 aliphatic rings. The molecule has 0 fully saturated rings. The lowest BCUT2D eigenvalue weighted by atomic mass is 10.2. The van der Waals surface area contributed by atoms with Gasteiger partial charge in [0.05, 0.1) is 6.61 Å². The topological polar surface area (TPSA) is 30.5 Å². The Morgan fingerprint density at radius 2 is 1.43 bits per heavy atom. The molecule has 0 aliphatic carbocycles. The molecule has 2 aromatic carbocycles. The molecule has 3 heteroatoms. The summed E-state index contributed by atoms with van der Waals surface area (Å²) >= 11 is 0. The summed E-state index contributed by atoms with van der Waals surface area (Å²) in [5.41, 5.74) is 2.56. The van der Waals surface area contributed by atoms with Gasteiger partial charge in [-0.2, -0.15) is 0 Å². The van der Waals surface area contributed by atoms with Crippen molar-refractivity contribution in [2.24, 2.45) is 0 Å². The maximum atomic E-state index is 5.84. The molecule has 2 aromatic rings. The van der Waals surface area contributed by atoms with E-state index in [9.17, 15) is 0 Å². The molecule has 112 valence electrons. The van der Waals surface area contributed by atoms with Crippen LogP contribution in [0.1, 0.15) is 18.1 Å². The third-order valence-corrected chi connectivity index (χ3v) is 3.30. The van der Waals surface area contributed by atoms with Crippen LogP contribution in [0.3, 0.4) is 0 Å². The molecular formula is C18H23NO2. The molecule has 0 amide bonds. The van der Waals surface area contributed by atoms with Gasteiger partial charge in [-0.15, -0.1) is 0 Å². The van der Waals surface area contributed by atoms with Crippen LogP contribution in [0.15, 0.2) is 48.5 Å². The van der Waals surface area contributed by atoms with Gasteiger partial charge in [0.2, 0.25) is 0 Å². The first-order chi connectivity index (χ1) is 10.3. The van der Waals surface area contributed by atoms with Crippen LogP contribution >= 0.6 is 0 Å². The van der Waals surface area contributed by atoms with Gasteiger partial charge in [-0.05, 0) is 41.8 Å². The van der Waals surface area contributed by atoms with Gasteiger partial charge in [-0.3, -0.25) is 0 Å². The van der Waals surface area contributed by atoms with Crippen molar-refractivity contribution in [2.75, 3.05) is 20.3 Å². The molecule has 0 spiro atoms. The van der Waals surface area contributed by atoms with Crippen LogP contribution in [-0.2, 0) is 17.7 Å². The van der Waals surface area contributed by atoms with Crippen LogP contribution < -0.4 is 10.1 Å². The van der Waals surface area contributed by atoms with Gasteiger partial charge in [0, 0.05) is 20.2 Å². The summed E-state index contributed by atoms with van der Waals surface area (Å²) in [6.45, 7) is 4.58. The van der Waals surface area contributed by atoms with E-state index in [0.717, 1.165) is 37.6 Å². The number of rotatable bonds is 8. The minimum absolute atomic E-state index is 0.731. The van der Waals surface area contributed by atoms with Crippen molar-refractivity contribution >= 4 is 0 Å². The number of methoxy groups -OCH3 is 1. The molecule has 0 heterocycles. The average molecular weight is 285 g/mol. The fourth-order valence-electron chi connectivity index (χ4n) is 2.01. The second kappa shape index (κ2) is 8.45. The predicted molar refractivity (Wildman–Crippen MR) is 85.9 cm³/mol. The van der Waals surface area contributed by atoms with Crippen molar-refractivity contribution in [3.05, 3.63) is 59.7 Å². The second-order valence-corrected chi connectivity index (χ2v) is 4.91. The average Bonchev–Trinajstić information content (AvgIpc) is 2.54. The van der Waals surface area contributed by atoms with Gasteiger partial charge in [0.25, 0.3) is 0 Å². The number of nitrogens with one attached hydrogen (secondary N) is 1. The van der Waals surface area contributed by atoms with E-state index in [1.165, 1.54) is 11.1 Å². The smallest absolute Gasteiger partial charge is 0.127 e. The predicted octanol–water partition coefficient (Wildman–Crippen LogP) is 3.78. The van der Waals surface area contributed by atoms with Crippen molar-refractivity contribution in [1.29, 1.82) is 0 Å². The first-order valence-corrected chi connectivity index (χ1v) is 7.37. The molecule has 0 aliphatic heterocycles. The first-order valence-electron chi connectivity index (χ1n) is 7.37. The Bertz CT molecular complexity index is 520. The number of aryl methyl sites for hydroxylation is 1. The Morgan fingerprint density at radius 1 is 0.857 bits per heavy atom. The summed E-state index contributed by atoms with van der Waals surface area (Å²) in [7, 11) is 1.71. The Hall–Kier alpha value is -1.84. The highest BCUT2D eigenvalue weighted by molar-refractivity contribution is 5.34. The zero-order valence-electron chi connectivity index (χ0n) is 12.8. The normalized spacial score (nSPS) is 10.6. The van der Waals surface area contributed by atoms with Crippen LogP contribution in [-0.4, -0.2) is 20.3 Å². The van der Waals surface area contributed by atoms with E-state index in [4.69, 9.17) is 9.47 Å². The fraction of sp³-hybridized carbons (Fsp3) is 0.333. The van der Waals surface area contributed by atoms with E-state index in [1.807, 2.05) is 24.3 Å². The molecule has 0 aromatic heterocycles. The van der Waals surface area contributed by atoms with Crippen molar-refractivity contribution in [3.63, 3.8) is 0 Å². The largest absolute Gasteiger partial charge is 0.457 e. The van der Waals surface area contributed by atoms with E-state index in [-0.39, 0.29) is 0 Å². The molecule has 0 saturated heterocycles. The Labute approximate surface area is 126 Å². The zero-order chi connectivity index (χ0) is 14.9. The summed E-state index contributed by atoms with van der Waals surface area (Å²) in [5.74, 6) is 1.73. The standard InChI is InChI=1S/C18H23NO2/c1-3-15-4-8-17(9-5-15)21-18-10-6-16(7-11-18)14-19-12-13-20-2/h4-11,19H,3,12-14H2,1-2H3. The second-order valence-electron chi connectivity index (χ2n) is 4.91. The Morgan fingerprint density at radius 3 is 1.95 bits per heavy atom. The molecule has 0 bridgehead atoms. The summed E-state index contributed by atoms with van der Waals surface area (Å²) < 4.78 is 10.8. The number of benzene rings is 2. The molecule has 0 unspecified atom stereocenters. The fourth-order valence-corrected chi connectivity index (χ4v) is 2.01. The molecule has 0 radical (unpaired) electrons. The van der Waals surface area contributed by atoms with Crippen LogP contribution in [0.2, 0.25) is 0 Å². The molecule has 1 N–H and O–H groups in total. The molecule has 2 rings (SSSR count). The van der Waals surface area contributed by atoms with Gasteiger partial charge in [0.1, 0.15) is 11.5 Å². The van der Waals surface area contributed by atoms with Crippen LogP contribution in [0.25, 0.3) is 0 Å². The Balaban J connectivity index is 1.86. The van der Waals surface area contributed by atoms with E-state index >= 15 is 0 Å². The number of hydrogen-bond acceptors (Lipinski definition) is 3. The monoisotopic (exact) mass is 285 g/mol. The maximum Gasteiger partial charge on any atom is 0.127 e. The number of ether oxygens (including phenoxy) is 2. The molecular weight excluding hydrogens is 262 g/mol. The Kier molecular flexibility index (Phi) is 6.25. The molecule has 21 heavy (non-hydrogen) atoms. The van der Waals surface area contributed by atoms with Crippen LogP contribution in [0.4, 0.5) is 0 Å². The van der Waals surface area contributed by atoms with Crippen LogP contribution in [0, 0.1) is 0 Å². The summed E-state index contributed by atoms with van der Waals surface area (Å²) in [6.07, 6.45) is 1.05. The lowest BCUT2D eigenvalue weighted by molar-refractivity contribution is 0.199. The van der Waals surface area contributed by atoms with Gasteiger partial charge >= 0.3 is 0 Å². The highest BCUT2D eigenvalue weighted by Gasteiger charge is 1.98. The highest BCUT2D eigenvalue weighted by atomic mass is 16.5. The molecule has 0 saturated carbocycles. The first kappa shape index (κ1) is 15.5. The van der Waals surface area contributed by atoms with Crippen molar-refractivity contribution in [1.82, 2.24) is 5.32 Å². The molecule has 0 atom stereocenters. The van der Waals surface area contributed by atoms with E-state index in [1.54, 1.807) is 7.11 Å². The third kappa shape index (κ3) is 5.21. The minimum atomic E-state index is 0.731. The van der Waals surface area contributed by atoms with Gasteiger partial charge in [-0.25, -0.2) is 0 Å². The SMILES string of the molecule is CCc1ccc(Oc2ccc(CNCCOC)cc2)cc1. The molecule has 3 nitrogen and oxygen atoms in total. The zero-order valence-corrected chi connectivity index (χ0v) is 12.8. The van der Waals surface area contributed by atoms with Crippen molar-refractivity contribution < 1.29 is 9.47 Å². The lowest BCUT2D eigenvalue weighted by Crippen LogP contribution is -2.18. The van der Waals surface area contributed by atoms with E-state index < -0.39 is 0 Å². The maximum absolute atomic E-state index is 5.84. The van der Waals surface area contributed by atoms with Gasteiger partial charge < -0.3 is 14.8 Å². The summed E-state index contributed by atoms with van der Waals surface area (Å²) in [6, 6.07) is 16.4. The van der Waals surface area contributed by atoms with Gasteiger partial charge in [0.15, 0.2) is 0 Å². The summed E-state index contributed by atoms with van der Waals surface area (Å²) in [5, 5.41) is 3.32. The third-order valence-electron chi connectivity index (χ3n) is 3.30. The number of hydrogen-bond donors (Lipinski definition) is 1. The minimum Gasteiger partial charge on any atom is -0.457 e. The van der Waals surface area contributed by atoms with Crippen LogP contribution in [0.5, 0.6) is 11.5 Å². The van der Waals surface area contributed by atoms with Crippen molar-refractivity contribution in [3.8, 4) is 11.5 Å². The highest BCUT2D eigenvalue weighted by Crippen LogP contribution is 2.22.